The van der Waals surface area contributed by atoms with Crippen LogP contribution in [-0.2, 0) is 0 Å². The van der Waals surface area contributed by atoms with Gasteiger partial charge in [-0.15, -0.1) is 0 Å². The molecule has 0 amide bonds. The minimum absolute atomic E-state index is 0.180. The fraction of sp³-hybridized carbons (Fsp3) is 0.158. The van der Waals surface area contributed by atoms with E-state index < -0.39 is 0 Å². The van der Waals surface area contributed by atoms with Crippen LogP contribution in [0.2, 0.25) is 5.02 Å². The molecule has 1 N–H and O–H groups in total. The Hall–Kier alpha value is -2.59. The number of rotatable bonds is 5. The molecule has 0 saturated heterocycles. The number of benzene rings is 2. The lowest BCUT2D eigenvalue weighted by molar-refractivity contribution is 0.796. The van der Waals surface area contributed by atoms with Gasteiger partial charge < -0.3 is 5.32 Å². The maximum atomic E-state index is 12.6. The lowest BCUT2D eigenvalue weighted by Gasteiger charge is -2.14. The zero-order valence-corrected chi connectivity index (χ0v) is 14.1. The summed E-state index contributed by atoms with van der Waals surface area (Å²) in [6.45, 7) is 2.75. The van der Waals surface area contributed by atoms with E-state index in [9.17, 15) is 4.79 Å². The molecule has 1 heterocycles. The smallest absolute Gasteiger partial charge is 0.297 e. The second-order valence-electron chi connectivity index (χ2n) is 5.62. The summed E-state index contributed by atoms with van der Waals surface area (Å²) in [5.41, 5.74) is 1.80. The Bertz CT molecular complexity index is 860. The SMILES string of the molecule is C[C@@H](CNc1nccn(-c2ccc(Cl)cc2)c1=O)c1ccccc1. The Kier molecular flexibility index (Phi) is 4.96. The number of halogens is 1. The van der Waals surface area contributed by atoms with Crippen molar-refractivity contribution < 1.29 is 0 Å². The molecule has 1 aromatic heterocycles. The quantitative estimate of drug-likeness (QED) is 0.761. The minimum atomic E-state index is -0.180. The van der Waals surface area contributed by atoms with Crippen LogP contribution in [0.25, 0.3) is 5.69 Å². The highest BCUT2D eigenvalue weighted by Gasteiger charge is 2.09. The van der Waals surface area contributed by atoms with Gasteiger partial charge in [0, 0.05) is 29.6 Å². The first kappa shape index (κ1) is 16.3. The number of hydrogen-bond donors (Lipinski definition) is 1. The number of anilines is 1. The van der Waals surface area contributed by atoms with Gasteiger partial charge in [0.15, 0.2) is 5.82 Å². The zero-order chi connectivity index (χ0) is 16.9. The first-order chi connectivity index (χ1) is 11.6. The highest BCUT2D eigenvalue weighted by atomic mass is 35.5. The van der Waals surface area contributed by atoms with Gasteiger partial charge in [-0.3, -0.25) is 9.36 Å². The van der Waals surface area contributed by atoms with E-state index in [-0.39, 0.29) is 11.5 Å². The van der Waals surface area contributed by atoms with Crippen LogP contribution in [0.1, 0.15) is 18.4 Å². The van der Waals surface area contributed by atoms with Crippen molar-refractivity contribution in [2.75, 3.05) is 11.9 Å². The summed E-state index contributed by atoms with van der Waals surface area (Å²) in [7, 11) is 0. The first-order valence-corrected chi connectivity index (χ1v) is 8.15. The van der Waals surface area contributed by atoms with Gasteiger partial charge in [-0.1, -0.05) is 48.9 Å². The molecule has 0 aliphatic carbocycles. The van der Waals surface area contributed by atoms with Crippen LogP contribution in [0.15, 0.2) is 71.8 Å². The molecule has 0 saturated carbocycles. The predicted octanol–water partition coefficient (Wildman–Crippen LogP) is 4.10. The molecule has 0 aliphatic heterocycles. The summed E-state index contributed by atoms with van der Waals surface area (Å²) in [5.74, 6) is 0.617. The van der Waals surface area contributed by atoms with Crippen molar-refractivity contribution in [2.45, 2.75) is 12.8 Å². The van der Waals surface area contributed by atoms with Gasteiger partial charge in [0.1, 0.15) is 0 Å². The summed E-state index contributed by atoms with van der Waals surface area (Å²) in [4.78, 5) is 16.8. The van der Waals surface area contributed by atoms with E-state index in [2.05, 4.69) is 29.4 Å². The molecule has 122 valence electrons. The van der Waals surface area contributed by atoms with Gasteiger partial charge in [0.2, 0.25) is 0 Å². The fourth-order valence-corrected chi connectivity index (χ4v) is 2.61. The Morgan fingerprint density at radius 3 is 2.54 bits per heavy atom. The third kappa shape index (κ3) is 3.66. The van der Waals surface area contributed by atoms with Crippen LogP contribution < -0.4 is 10.9 Å². The predicted molar refractivity (Wildman–Crippen MR) is 98.2 cm³/mol. The topological polar surface area (TPSA) is 46.9 Å². The van der Waals surface area contributed by atoms with E-state index in [1.807, 2.05) is 18.2 Å². The Labute approximate surface area is 145 Å². The third-order valence-electron chi connectivity index (χ3n) is 3.89. The molecule has 5 heteroatoms. The summed E-state index contributed by atoms with van der Waals surface area (Å²) in [6.07, 6.45) is 3.27. The van der Waals surface area contributed by atoms with E-state index in [0.717, 1.165) is 5.69 Å². The largest absolute Gasteiger partial charge is 0.365 e. The molecule has 0 unspecified atom stereocenters. The van der Waals surface area contributed by atoms with Crippen molar-refractivity contribution in [1.29, 1.82) is 0 Å². The molecule has 24 heavy (non-hydrogen) atoms. The van der Waals surface area contributed by atoms with Crippen molar-refractivity contribution in [2.24, 2.45) is 0 Å². The summed E-state index contributed by atoms with van der Waals surface area (Å²) < 4.78 is 1.55. The van der Waals surface area contributed by atoms with Crippen molar-refractivity contribution in [1.82, 2.24) is 9.55 Å². The molecule has 0 spiro atoms. The van der Waals surface area contributed by atoms with Gasteiger partial charge in [-0.2, -0.15) is 0 Å². The van der Waals surface area contributed by atoms with Crippen LogP contribution in [-0.4, -0.2) is 16.1 Å². The van der Waals surface area contributed by atoms with Gasteiger partial charge in [0.25, 0.3) is 5.56 Å². The maximum absolute atomic E-state index is 12.6. The molecule has 3 rings (SSSR count). The van der Waals surface area contributed by atoms with E-state index in [0.29, 0.717) is 17.4 Å². The Morgan fingerprint density at radius 1 is 1.12 bits per heavy atom. The lowest BCUT2D eigenvalue weighted by Crippen LogP contribution is -2.24. The standard InChI is InChI=1S/C19H18ClN3O/c1-14(15-5-3-2-4-6-15)13-22-18-19(24)23(12-11-21-18)17-9-7-16(20)8-10-17/h2-12,14H,13H2,1H3,(H,21,22)/t14-/m0/s1. The summed E-state index contributed by atoms with van der Waals surface area (Å²) in [5, 5.41) is 3.80. The van der Waals surface area contributed by atoms with E-state index in [4.69, 9.17) is 11.6 Å². The molecule has 0 bridgehead atoms. The highest BCUT2D eigenvalue weighted by Crippen LogP contribution is 2.15. The molecule has 3 aromatic rings. The molecule has 4 nitrogen and oxygen atoms in total. The van der Waals surface area contributed by atoms with Crippen molar-refractivity contribution in [3.05, 3.63) is 87.9 Å². The molecule has 1 atom stereocenters. The molecule has 0 radical (unpaired) electrons. The highest BCUT2D eigenvalue weighted by molar-refractivity contribution is 6.30. The maximum Gasteiger partial charge on any atom is 0.297 e. The summed E-state index contributed by atoms with van der Waals surface area (Å²) >= 11 is 5.90. The van der Waals surface area contributed by atoms with E-state index >= 15 is 0 Å². The van der Waals surface area contributed by atoms with Crippen LogP contribution in [0.4, 0.5) is 5.82 Å². The Balaban J connectivity index is 1.79. The fourth-order valence-electron chi connectivity index (χ4n) is 2.49. The summed E-state index contributed by atoms with van der Waals surface area (Å²) in [6, 6.07) is 17.3. The molecule has 2 aromatic carbocycles. The second-order valence-corrected chi connectivity index (χ2v) is 6.06. The van der Waals surface area contributed by atoms with Crippen molar-refractivity contribution >= 4 is 17.4 Å². The van der Waals surface area contributed by atoms with Crippen molar-refractivity contribution in [3.63, 3.8) is 0 Å². The van der Waals surface area contributed by atoms with Gasteiger partial charge in [-0.25, -0.2) is 4.98 Å². The van der Waals surface area contributed by atoms with E-state index in [1.54, 1.807) is 41.2 Å². The molecular formula is C19H18ClN3O. The van der Waals surface area contributed by atoms with Crippen LogP contribution >= 0.6 is 11.6 Å². The normalized spacial score (nSPS) is 11.9. The number of nitrogens with one attached hydrogen (secondary N) is 1. The lowest BCUT2D eigenvalue weighted by atomic mass is 10.0. The van der Waals surface area contributed by atoms with Crippen LogP contribution in [0, 0.1) is 0 Å². The average molecular weight is 340 g/mol. The second kappa shape index (κ2) is 7.32. The van der Waals surface area contributed by atoms with Crippen LogP contribution in [0.5, 0.6) is 0 Å². The van der Waals surface area contributed by atoms with Gasteiger partial charge in [-0.05, 0) is 35.7 Å². The average Bonchev–Trinajstić information content (AvgIpc) is 2.62. The Morgan fingerprint density at radius 2 is 1.83 bits per heavy atom. The van der Waals surface area contributed by atoms with E-state index in [1.165, 1.54) is 5.56 Å². The first-order valence-electron chi connectivity index (χ1n) is 7.77. The monoisotopic (exact) mass is 339 g/mol. The third-order valence-corrected chi connectivity index (χ3v) is 4.14. The number of aromatic nitrogens is 2. The molecule has 0 aliphatic rings. The molecule has 0 fully saturated rings. The van der Waals surface area contributed by atoms with Crippen LogP contribution in [0.3, 0.4) is 0 Å². The molecular weight excluding hydrogens is 322 g/mol. The minimum Gasteiger partial charge on any atom is -0.365 e. The number of hydrogen-bond acceptors (Lipinski definition) is 3. The van der Waals surface area contributed by atoms with Gasteiger partial charge in [0.05, 0.1) is 0 Å². The van der Waals surface area contributed by atoms with Gasteiger partial charge >= 0.3 is 0 Å². The van der Waals surface area contributed by atoms with Crippen molar-refractivity contribution in [3.8, 4) is 5.69 Å². The zero-order valence-electron chi connectivity index (χ0n) is 13.3. The number of nitrogens with zero attached hydrogens (tertiary/aromatic N) is 2.